The summed E-state index contributed by atoms with van der Waals surface area (Å²) in [6, 6.07) is 16.2. The lowest BCUT2D eigenvalue weighted by Crippen LogP contribution is -2.43. The van der Waals surface area contributed by atoms with Gasteiger partial charge in [0.2, 0.25) is 0 Å². The van der Waals surface area contributed by atoms with Crippen LogP contribution in [0.15, 0.2) is 54.6 Å². The first-order valence-corrected chi connectivity index (χ1v) is 7.44. The average Bonchev–Trinajstić information content (AvgIpc) is 2.58. The molecule has 2 aromatic rings. The quantitative estimate of drug-likeness (QED) is 0.834. The van der Waals surface area contributed by atoms with Gasteiger partial charge in [-0.1, -0.05) is 50.2 Å². The smallest absolute Gasteiger partial charge is 0.276 e. The summed E-state index contributed by atoms with van der Waals surface area (Å²) in [6.45, 7) is 3.95. The molecule has 0 spiro atoms. The Morgan fingerprint density at radius 2 is 1.61 bits per heavy atom. The molecule has 0 aromatic heterocycles. The summed E-state index contributed by atoms with van der Waals surface area (Å²) in [4.78, 5) is 23.6. The van der Waals surface area contributed by atoms with E-state index in [0.717, 1.165) is 5.56 Å². The fourth-order valence-corrected chi connectivity index (χ4v) is 2.06. The molecule has 0 saturated carbocycles. The summed E-state index contributed by atoms with van der Waals surface area (Å²) in [5.41, 5.74) is 6.20. The number of hydrogen-bond acceptors (Lipinski definition) is 3. The highest BCUT2D eigenvalue weighted by atomic mass is 16.5. The van der Waals surface area contributed by atoms with Gasteiger partial charge in [0.25, 0.3) is 11.8 Å². The van der Waals surface area contributed by atoms with Gasteiger partial charge >= 0.3 is 0 Å². The molecule has 0 aliphatic carbocycles. The van der Waals surface area contributed by atoms with Gasteiger partial charge in [-0.15, -0.1) is 0 Å². The number of rotatable bonds is 5. The summed E-state index contributed by atoms with van der Waals surface area (Å²) >= 11 is 0. The molecule has 5 heteroatoms. The van der Waals surface area contributed by atoms with Crippen molar-refractivity contribution in [1.29, 1.82) is 0 Å². The van der Waals surface area contributed by atoms with Crippen LogP contribution in [-0.2, 0) is 4.79 Å². The maximum Gasteiger partial charge on any atom is 0.276 e. The molecule has 2 rings (SSSR count). The van der Waals surface area contributed by atoms with Gasteiger partial charge in [-0.05, 0) is 29.7 Å². The van der Waals surface area contributed by atoms with Crippen LogP contribution in [0.5, 0.6) is 5.75 Å². The second-order valence-electron chi connectivity index (χ2n) is 5.35. The second kappa shape index (κ2) is 7.98. The molecule has 2 amide bonds. The van der Waals surface area contributed by atoms with Crippen LogP contribution in [-0.4, -0.2) is 18.4 Å². The van der Waals surface area contributed by atoms with Crippen molar-refractivity contribution in [2.75, 3.05) is 6.61 Å². The Morgan fingerprint density at radius 3 is 2.30 bits per heavy atom. The minimum Gasteiger partial charge on any atom is -0.483 e. The Morgan fingerprint density at radius 1 is 0.957 bits per heavy atom. The van der Waals surface area contributed by atoms with Crippen molar-refractivity contribution in [2.45, 2.75) is 19.8 Å². The van der Waals surface area contributed by atoms with Crippen molar-refractivity contribution < 1.29 is 14.3 Å². The van der Waals surface area contributed by atoms with Gasteiger partial charge in [-0.25, -0.2) is 0 Å². The molecule has 0 atom stereocenters. The molecule has 120 valence electrons. The average molecular weight is 312 g/mol. The molecule has 0 aliphatic rings. The second-order valence-corrected chi connectivity index (χ2v) is 5.35. The first-order valence-electron chi connectivity index (χ1n) is 7.44. The van der Waals surface area contributed by atoms with Crippen LogP contribution in [0.4, 0.5) is 0 Å². The summed E-state index contributed by atoms with van der Waals surface area (Å²) in [5.74, 6) is 0.174. The number of para-hydroxylation sites is 1. The van der Waals surface area contributed by atoms with E-state index < -0.39 is 5.91 Å². The third kappa shape index (κ3) is 4.85. The predicted octanol–water partition coefficient (Wildman–Crippen LogP) is 2.65. The number of hydrogen-bond donors (Lipinski definition) is 2. The summed E-state index contributed by atoms with van der Waals surface area (Å²) in [6.07, 6.45) is 0. The van der Waals surface area contributed by atoms with E-state index in [0.29, 0.717) is 17.2 Å². The maximum atomic E-state index is 11.8. The lowest BCUT2D eigenvalue weighted by atomic mass is 10.0. The number of carbonyl (C=O) groups is 2. The molecular weight excluding hydrogens is 292 g/mol. The van der Waals surface area contributed by atoms with Crippen molar-refractivity contribution in [3.8, 4) is 5.75 Å². The van der Waals surface area contributed by atoms with Crippen LogP contribution in [0, 0.1) is 0 Å². The Kier molecular flexibility index (Phi) is 5.74. The highest BCUT2D eigenvalue weighted by Gasteiger charge is 2.10. The zero-order chi connectivity index (χ0) is 16.7. The van der Waals surface area contributed by atoms with E-state index >= 15 is 0 Å². The lowest BCUT2D eigenvalue weighted by molar-refractivity contribution is -0.123. The van der Waals surface area contributed by atoms with Crippen LogP contribution < -0.4 is 15.6 Å². The van der Waals surface area contributed by atoms with Crippen LogP contribution in [0.2, 0.25) is 0 Å². The molecule has 0 heterocycles. The van der Waals surface area contributed by atoms with Crippen molar-refractivity contribution in [3.05, 3.63) is 65.7 Å². The molecule has 0 unspecified atom stereocenters. The molecule has 0 bridgehead atoms. The SMILES string of the molecule is CC(C)c1ccccc1OCC(=O)NNC(=O)c1ccccc1. The van der Waals surface area contributed by atoms with E-state index in [1.807, 2.05) is 30.3 Å². The van der Waals surface area contributed by atoms with Gasteiger partial charge in [-0.2, -0.15) is 0 Å². The molecule has 0 aliphatic heterocycles. The highest BCUT2D eigenvalue weighted by molar-refractivity contribution is 5.95. The molecule has 23 heavy (non-hydrogen) atoms. The van der Waals surface area contributed by atoms with Crippen molar-refractivity contribution in [1.82, 2.24) is 10.9 Å². The molecule has 0 radical (unpaired) electrons. The summed E-state index contributed by atoms with van der Waals surface area (Å²) in [7, 11) is 0. The zero-order valence-electron chi connectivity index (χ0n) is 13.2. The third-order valence-electron chi connectivity index (χ3n) is 3.25. The molecule has 0 saturated heterocycles. The van der Waals surface area contributed by atoms with E-state index in [4.69, 9.17) is 4.74 Å². The van der Waals surface area contributed by atoms with Crippen LogP contribution in [0.25, 0.3) is 0 Å². The predicted molar refractivity (Wildman–Crippen MR) is 88.1 cm³/mol. The van der Waals surface area contributed by atoms with Crippen LogP contribution in [0.1, 0.15) is 35.7 Å². The third-order valence-corrected chi connectivity index (χ3v) is 3.25. The van der Waals surface area contributed by atoms with Crippen molar-refractivity contribution in [3.63, 3.8) is 0 Å². The highest BCUT2D eigenvalue weighted by Crippen LogP contribution is 2.25. The number of hydrazine groups is 1. The molecule has 2 N–H and O–H groups in total. The fourth-order valence-electron chi connectivity index (χ4n) is 2.06. The molecular formula is C18H20N2O3. The topological polar surface area (TPSA) is 67.4 Å². The lowest BCUT2D eigenvalue weighted by Gasteiger charge is -2.14. The number of ether oxygens (including phenoxy) is 1. The number of amides is 2. The normalized spacial score (nSPS) is 10.2. The first-order chi connectivity index (χ1) is 11.1. The molecule has 5 nitrogen and oxygen atoms in total. The maximum absolute atomic E-state index is 11.8. The number of benzene rings is 2. The van der Waals surface area contributed by atoms with Crippen molar-refractivity contribution >= 4 is 11.8 Å². The van der Waals surface area contributed by atoms with Crippen LogP contribution in [0.3, 0.4) is 0 Å². The summed E-state index contributed by atoms with van der Waals surface area (Å²) in [5, 5.41) is 0. The van der Waals surface area contributed by atoms with Gasteiger partial charge in [0.15, 0.2) is 6.61 Å². The standard InChI is InChI=1S/C18H20N2O3/c1-13(2)15-10-6-7-11-16(15)23-12-17(21)19-20-18(22)14-8-4-3-5-9-14/h3-11,13H,12H2,1-2H3,(H,19,21)(H,20,22). The van der Waals surface area contributed by atoms with Gasteiger partial charge < -0.3 is 4.74 Å². The zero-order valence-corrected chi connectivity index (χ0v) is 13.2. The minimum absolute atomic E-state index is 0.168. The Hall–Kier alpha value is -2.82. The van der Waals surface area contributed by atoms with Gasteiger partial charge in [0.1, 0.15) is 5.75 Å². The first kappa shape index (κ1) is 16.5. The van der Waals surface area contributed by atoms with Gasteiger partial charge in [0, 0.05) is 5.56 Å². The van der Waals surface area contributed by atoms with Gasteiger partial charge in [0.05, 0.1) is 0 Å². The van der Waals surface area contributed by atoms with E-state index in [1.54, 1.807) is 24.3 Å². The van der Waals surface area contributed by atoms with Crippen LogP contribution >= 0.6 is 0 Å². The molecule has 0 fully saturated rings. The van der Waals surface area contributed by atoms with E-state index in [2.05, 4.69) is 24.7 Å². The summed E-state index contributed by atoms with van der Waals surface area (Å²) < 4.78 is 5.53. The van der Waals surface area contributed by atoms with E-state index in [9.17, 15) is 9.59 Å². The Bertz CT molecular complexity index is 669. The Balaban J connectivity index is 1.83. The number of nitrogens with one attached hydrogen (secondary N) is 2. The Labute approximate surface area is 135 Å². The van der Waals surface area contributed by atoms with E-state index in [1.165, 1.54) is 0 Å². The number of carbonyl (C=O) groups excluding carboxylic acids is 2. The van der Waals surface area contributed by atoms with Crippen molar-refractivity contribution in [2.24, 2.45) is 0 Å². The van der Waals surface area contributed by atoms with E-state index in [-0.39, 0.29) is 12.5 Å². The van der Waals surface area contributed by atoms with Gasteiger partial charge in [-0.3, -0.25) is 20.4 Å². The fraction of sp³-hybridized carbons (Fsp3) is 0.222. The monoisotopic (exact) mass is 312 g/mol. The molecule has 2 aromatic carbocycles. The minimum atomic E-state index is -0.423. The largest absolute Gasteiger partial charge is 0.483 e.